The summed E-state index contributed by atoms with van der Waals surface area (Å²) in [6.45, 7) is 19.2. The van der Waals surface area contributed by atoms with Crippen LogP contribution in [0.15, 0.2) is 53.8 Å². The Morgan fingerprint density at radius 3 is 1.29 bits per heavy atom. The summed E-state index contributed by atoms with van der Waals surface area (Å²) in [6.07, 6.45) is 61.8. The van der Waals surface area contributed by atoms with Gasteiger partial charge in [0.25, 0.3) is 0 Å². The van der Waals surface area contributed by atoms with Gasteiger partial charge in [-0.3, -0.25) is 24.4 Å². The molecule has 0 saturated carbocycles. The van der Waals surface area contributed by atoms with E-state index in [2.05, 4.69) is 101 Å². The van der Waals surface area contributed by atoms with E-state index in [0.717, 1.165) is 179 Å². The van der Waals surface area contributed by atoms with Crippen LogP contribution >= 0.6 is 21.6 Å². The Morgan fingerprint density at radius 2 is 0.824 bits per heavy atom. The van der Waals surface area contributed by atoms with Crippen molar-refractivity contribution in [1.29, 1.82) is 0 Å². The molecule has 11 nitrogen and oxygen atoms in total. The van der Waals surface area contributed by atoms with Crippen molar-refractivity contribution in [3.8, 4) is 0 Å². The minimum Gasteiger partial charge on any atom is -0.464 e. The highest BCUT2D eigenvalue weighted by Crippen LogP contribution is 2.23. The van der Waals surface area contributed by atoms with Crippen LogP contribution in [0.5, 0.6) is 0 Å². The predicted octanol–water partition coefficient (Wildman–Crippen LogP) is 18.3. The van der Waals surface area contributed by atoms with Crippen LogP contribution in [0.4, 0.5) is 0 Å². The lowest BCUT2D eigenvalue weighted by Gasteiger charge is -2.34. The fraction of sp³-hybridized carbons (Fsp3) is 0.875. The molecule has 0 amide bonds. The summed E-state index contributed by atoms with van der Waals surface area (Å²) in [6, 6.07) is -0.318. The summed E-state index contributed by atoms with van der Waals surface area (Å²) in [5, 5.41) is 36.6. The first-order valence-electron chi connectivity index (χ1n) is 36.0. The van der Waals surface area contributed by atoms with Crippen molar-refractivity contribution in [2.24, 2.45) is 5.18 Å². The molecular weight excluding hydrogens is 1090 g/mol. The highest BCUT2D eigenvalue weighted by molar-refractivity contribution is 8.76. The van der Waals surface area contributed by atoms with Gasteiger partial charge in [0.05, 0.1) is 18.3 Å². The van der Waals surface area contributed by atoms with E-state index in [1.54, 1.807) is 0 Å². The number of hydrogen-bond donors (Lipinski definition) is 3. The fourth-order valence-corrected chi connectivity index (χ4v) is 13.5. The third-order valence-corrected chi connectivity index (χ3v) is 19.3. The second-order valence-corrected chi connectivity index (χ2v) is 27.7. The molecular formula is C72H137N5O6S2. The number of carbonyl (C=O) groups excluding carboxylic acids is 1. The molecule has 1 saturated heterocycles. The molecule has 0 radical (unpaired) electrons. The van der Waals surface area contributed by atoms with Crippen molar-refractivity contribution in [3.05, 3.63) is 53.5 Å². The molecule has 498 valence electrons. The third kappa shape index (κ3) is 56.2. The molecule has 0 spiro atoms. The zero-order valence-electron chi connectivity index (χ0n) is 55.9. The molecule has 1 fully saturated rings. The SMILES string of the molecule is CCCCC/C=C\C/C=C\CCCCCCC(O)CN(CCCC(=O)OCCN1CCN(CCSSCCCCN(CC(O)CCCCCCCC)CC(O)CCCCCCCC)CC1)CC(CCCCCC/C=C\C/C=C\CCCCC)N=O. The van der Waals surface area contributed by atoms with Gasteiger partial charge in [-0.05, 0) is 122 Å². The number of nitrogens with zero attached hydrogens (tertiary/aromatic N) is 5. The van der Waals surface area contributed by atoms with Crippen LogP contribution in [0.2, 0.25) is 0 Å². The Labute approximate surface area is 533 Å². The molecule has 85 heavy (non-hydrogen) atoms. The van der Waals surface area contributed by atoms with Crippen molar-refractivity contribution >= 4 is 27.6 Å². The van der Waals surface area contributed by atoms with Crippen molar-refractivity contribution < 1.29 is 24.9 Å². The first-order valence-corrected chi connectivity index (χ1v) is 38.5. The summed E-state index contributed by atoms with van der Waals surface area (Å²) in [7, 11) is 3.96. The van der Waals surface area contributed by atoms with E-state index in [-0.39, 0.29) is 24.2 Å². The van der Waals surface area contributed by atoms with Gasteiger partial charge in [0, 0.05) is 83.4 Å². The van der Waals surface area contributed by atoms with Gasteiger partial charge in [0.2, 0.25) is 0 Å². The van der Waals surface area contributed by atoms with Crippen LogP contribution in [0.25, 0.3) is 0 Å². The molecule has 0 aromatic heterocycles. The predicted molar refractivity (Wildman–Crippen MR) is 373 cm³/mol. The molecule has 13 heteroatoms. The van der Waals surface area contributed by atoms with Crippen molar-refractivity contribution in [3.63, 3.8) is 0 Å². The van der Waals surface area contributed by atoms with Gasteiger partial charge >= 0.3 is 5.97 Å². The lowest BCUT2D eigenvalue weighted by molar-refractivity contribution is -0.144. The summed E-state index contributed by atoms with van der Waals surface area (Å²) >= 11 is 0. The molecule has 0 aliphatic carbocycles. The lowest BCUT2D eigenvalue weighted by atomic mass is 10.0. The highest BCUT2D eigenvalue weighted by Gasteiger charge is 2.21. The summed E-state index contributed by atoms with van der Waals surface area (Å²) in [4.78, 5) is 34.6. The molecule has 1 aliphatic heterocycles. The van der Waals surface area contributed by atoms with Gasteiger partial charge < -0.3 is 20.1 Å². The Morgan fingerprint density at radius 1 is 0.447 bits per heavy atom. The Balaban J connectivity index is 2.44. The number of piperazine rings is 1. The molecule has 3 N–H and O–H groups in total. The van der Waals surface area contributed by atoms with Gasteiger partial charge in [0.1, 0.15) is 12.6 Å². The Bertz CT molecular complexity index is 1530. The van der Waals surface area contributed by atoms with Gasteiger partial charge in [0.15, 0.2) is 0 Å². The second kappa shape index (κ2) is 64.0. The summed E-state index contributed by atoms with van der Waals surface area (Å²) in [5.41, 5.74) is 0. The normalized spacial score (nSPS) is 15.3. The maximum absolute atomic E-state index is 13.0. The average molecular weight is 1230 g/mol. The number of rotatable bonds is 65. The van der Waals surface area contributed by atoms with Gasteiger partial charge in [-0.25, -0.2) is 0 Å². The van der Waals surface area contributed by atoms with Gasteiger partial charge in [-0.2, -0.15) is 4.91 Å². The molecule has 0 aromatic carbocycles. The second-order valence-electron chi connectivity index (χ2n) is 25.0. The van der Waals surface area contributed by atoms with E-state index in [1.165, 1.54) is 122 Å². The zero-order chi connectivity index (χ0) is 61.6. The van der Waals surface area contributed by atoms with Crippen LogP contribution in [-0.2, 0) is 9.53 Å². The third-order valence-electron chi connectivity index (χ3n) is 16.8. The highest BCUT2D eigenvalue weighted by atomic mass is 33.1. The molecule has 0 bridgehead atoms. The van der Waals surface area contributed by atoms with E-state index in [9.17, 15) is 25.0 Å². The topological polar surface area (TPSA) is 129 Å². The standard InChI is InChI=1S/C72H137N5O6S2/c1-5-9-13-17-21-23-25-27-29-31-33-35-37-41-48-68(73-82)64-76(65-69(78)49-44-40-36-34-32-30-28-26-24-22-18-14-10-6-2)54-47-52-72(81)83-61-59-74-55-57-75(58-56-74)60-63-85-84-62-46-45-53-77(66-70(79)50-42-38-19-15-11-7-3)67-71(80)51-43-39-20-16-12-8-4/h21-24,27-30,68-71,78-80H,5-20,25-26,31-67H2,1-4H3/b23-21-,24-22-,29-27-,30-28-. The number of aliphatic hydroxyl groups is 3. The van der Waals surface area contributed by atoms with E-state index in [1.807, 2.05) is 21.6 Å². The summed E-state index contributed by atoms with van der Waals surface area (Å²) in [5.74, 6) is 2.06. The van der Waals surface area contributed by atoms with E-state index < -0.39 is 6.10 Å². The number of hydrogen-bond acceptors (Lipinski definition) is 13. The Hall–Kier alpha value is -1.55. The monoisotopic (exact) mass is 1230 g/mol. The lowest BCUT2D eigenvalue weighted by Crippen LogP contribution is -2.47. The number of allylic oxidation sites excluding steroid dienone is 8. The number of ether oxygens (including phenoxy) is 1. The first-order chi connectivity index (χ1) is 41.7. The zero-order valence-corrected chi connectivity index (χ0v) is 57.6. The minimum atomic E-state index is -0.471. The number of esters is 1. The van der Waals surface area contributed by atoms with E-state index in [4.69, 9.17) is 4.74 Å². The van der Waals surface area contributed by atoms with Crippen molar-refractivity contribution in [1.82, 2.24) is 19.6 Å². The van der Waals surface area contributed by atoms with Crippen LogP contribution in [0, 0.1) is 4.91 Å². The van der Waals surface area contributed by atoms with Crippen molar-refractivity contribution in [2.45, 2.75) is 309 Å². The Kier molecular flexibility index (Phi) is 61.3. The molecule has 4 atom stereocenters. The maximum Gasteiger partial charge on any atom is 0.305 e. The van der Waals surface area contributed by atoms with Crippen molar-refractivity contribution in [2.75, 3.05) is 96.6 Å². The number of aliphatic hydroxyl groups excluding tert-OH is 3. The number of unbranched alkanes of at least 4 members (excludes halogenated alkanes) is 25. The maximum atomic E-state index is 13.0. The van der Waals surface area contributed by atoms with Crippen LogP contribution in [0.1, 0.15) is 285 Å². The molecule has 0 aromatic rings. The number of nitroso groups, excluding NO2 is 1. The minimum absolute atomic E-state index is 0.173. The molecule has 4 unspecified atom stereocenters. The fourth-order valence-electron chi connectivity index (χ4n) is 11.3. The van der Waals surface area contributed by atoms with E-state index in [0.29, 0.717) is 52.2 Å². The molecule has 1 aliphatic rings. The quantitative estimate of drug-likeness (QED) is 0.0176. The smallest absolute Gasteiger partial charge is 0.305 e. The average Bonchev–Trinajstić information content (AvgIpc) is 3.55. The largest absolute Gasteiger partial charge is 0.464 e. The molecule has 1 rings (SSSR count). The van der Waals surface area contributed by atoms with Crippen LogP contribution < -0.4 is 0 Å². The van der Waals surface area contributed by atoms with Gasteiger partial charge in [-0.15, -0.1) is 0 Å². The van der Waals surface area contributed by atoms with Gasteiger partial charge in [-0.1, -0.05) is 244 Å². The van der Waals surface area contributed by atoms with Crippen LogP contribution in [0.3, 0.4) is 0 Å². The number of carbonyl (C=O) groups is 1. The molecule has 1 heterocycles. The first kappa shape index (κ1) is 81.5. The van der Waals surface area contributed by atoms with Crippen LogP contribution in [-0.4, -0.2) is 162 Å². The summed E-state index contributed by atoms with van der Waals surface area (Å²) < 4.78 is 5.75. The van der Waals surface area contributed by atoms with E-state index >= 15 is 0 Å².